The van der Waals surface area contributed by atoms with Crippen LogP contribution in [0.5, 0.6) is 5.75 Å². The molecule has 0 aliphatic carbocycles. The van der Waals surface area contributed by atoms with Crippen molar-refractivity contribution in [2.45, 2.75) is 31.0 Å². The number of hydrogen-bond acceptors (Lipinski definition) is 6. The van der Waals surface area contributed by atoms with Gasteiger partial charge in [-0.15, -0.1) is 0 Å². The summed E-state index contributed by atoms with van der Waals surface area (Å²) in [5.41, 5.74) is 10.8. The van der Waals surface area contributed by atoms with Crippen molar-refractivity contribution in [3.05, 3.63) is 138 Å². The molecule has 2 N–H and O–H groups in total. The van der Waals surface area contributed by atoms with Crippen molar-refractivity contribution in [3.8, 4) is 5.75 Å². The molecule has 1 aliphatic rings. The number of benzene rings is 4. The number of rotatable bonds is 12. The van der Waals surface area contributed by atoms with Crippen LogP contribution in [0.4, 0.5) is 5.69 Å². The Morgan fingerprint density at radius 3 is 2.53 bits per heavy atom. The van der Waals surface area contributed by atoms with Crippen molar-refractivity contribution in [2.24, 2.45) is 10.1 Å². The Labute approximate surface area is 278 Å². The Hall–Kier alpha value is -4.05. The van der Waals surface area contributed by atoms with Crippen molar-refractivity contribution in [1.29, 1.82) is 0 Å². The molecule has 12 heteroatoms. The lowest BCUT2D eigenvalue weighted by Gasteiger charge is -2.31. The van der Waals surface area contributed by atoms with E-state index in [1.807, 2.05) is 30.3 Å². The summed E-state index contributed by atoms with van der Waals surface area (Å²) >= 11 is 16.0. The van der Waals surface area contributed by atoms with Gasteiger partial charge in [-0.1, -0.05) is 86.7 Å². The molecule has 0 saturated heterocycles. The molecule has 1 amide bonds. The van der Waals surface area contributed by atoms with Gasteiger partial charge in [-0.3, -0.25) is 4.79 Å². The molecule has 1 aliphatic heterocycles. The van der Waals surface area contributed by atoms with Gasteiger partial charge in [0.1, 0.15) is 5.75 Å². The van der Waals surface area contributed by atoms with E-state index in [0.29, 0.717) is 51.2 Å². The van der Waals surface area contributed by atoms with Crippen LogP contribution in [0, 0.1) is 0 Å². The Kier molecular flexibility index (Phi) is 10.7. The highest BCUT2D eigenvalue weighted by Crippen LogP contribution is 2.44. The highest BCUT2D eigenvalue weighted by Gasteiger charge is 2.53. The van der Waals surface area contributed by atoms with Gasteiger partial charge in [0.05, 0.1) is 6.61 Å². The van der Waals surface area contributed by atoms with E-state index in [4.69, 9.17) is 42.8 Å². The summed E-state index contributed by atoms with van der Waals surface area (Å²) in [6.45, 7) is 0.536. The van der Waals surface area contributed by atoms with E-state index < -0.39 is 17.6 Å². The number of nitrogens with zero attached hydrogens (tertiary/aromatic N) is 4. The second kappa shape index (κ2) is 14.8. The SMILES string of the molecule is [N-]=[N+]=Nc1ccccc1C[C@@]1(C(=O)NCc2ccc(Cl)cc2Cl)N=C(c2ccc(OCCCO)cc2)O[C@@H]1c1ccc(Br)cc1. The van der Waals surface area contributed by atoms with Crippen molar-refractivity contribution in [2.75, 3.05) is 13.2 Å². The number of carbonyl (C=O) groups excluding carboxylic acids is 1. The molecule has 0 radical (unpaired) electrons. The molecule has 0 fully saturated rings. The first-order chi connectivity index (χ1) is 21.8. The lowest BCUT2D eigenvalue weighted by Crippen LogP contribution is -2.49. The van der Waals surface area contributed by atoms with Gasteiger partial charge < -0.3 is 19.9 Å². The largest absolute Gasteiger partial charge is 0.494 e. The number of aliphatic imine (C=N–C) groups is 1. The molecule has 4 aromatic carbocycles. The predicted molar refractivity (Wildman–Crippen MR) is 178 cm³/mol. The maximum atomic E-state index is 14.5. The number of carbonyl (C=O) groups is 1. The molecule has 0 saturated carbocycles. The molecule has 0 bridgehead atoms. The lowest BCUT2D eigenvalue weighted by atomic mass is 9.81. The van der Waals surface area contributed by atoms with Crippen LogP contribution in [0.25, 0.3) is 10.4 Å². The molecular formula is C33H28BrCl2N5O4. The summed E-state index contributed by atoms with van der Waals surface area (Å²) in [5.74, 6) is 0.490. The molecule has 9 nitrogen and oxygen atoms in total. The number of azide groups is 1. The minimum Gasteiger partial charge on any atom is -0.494 e. The summed E-state index contributed by atoms with van der Waals surface area (Å²) in [7, 11) is 0. The molecule has 1 heterocycles. The molecule has 230 valence electrons. The summed E-state index contributed by atoms with van der Waals surface area (Å²) in [6.07, 6.45) is -0.265. The summed E-state index contributed by atoms with van der Waals surface area (Å²) in [4.78, 5) is 22.5. The van der Waals surface area contributed by atoms with Crippen LogP contribution in [-0.2, 0) is 22.5 Å². The summed E-state index contributed by atoms with van der Waals surface area (Å²) in [5, 5.41) is 16.9. The number of amides is 1. The number of aliphatic hydroxyl groups excluding tert-OH is 1. The van der Waals surface area contributed by atoms with Crippen LogP contribution < -0.4 is 10.1 Å². The number of aliphatic hydroxyl groups is 1. The first-order valence-electron chi connectivity index (χ1n) is 14.0. The van der Waals surface area contributed by atoms with Gasteiger partial charge in [0.25, 0.3) is 5.91 Å². The highest BCUT2D eigenvalue weighted by atomic mass is 79.9. The zero-order valence-corrected chi connectivity index (χ0v) is 27.0. The number of nitrogens with one attached hydrogen (secondary N) is 1. The maximum absolute atomic E-state index is 14.5. The topological polar surface area (TPSA) is 129 Å². The number of hydrogen-bond donors (Lipinski definition) is 2. The zero-order valence-electron chi connectivity index (χ0n) is 23.9. The Morgan fingerprint density at radius 1 is 1.07 bits per heavy atom. The van der Waals surface area contributed by atoms with E-state index in [1.165, 1.54) is 0 Å². The molecular weight excluding hydrogens is 681 g/mol. The fraction of sp³-hybridized carbons (Fsp3) is 0.212. The second-order valence-electron chi connectivity index (χ2n) is 10.3. The third kappa shape index (κ3) is 7.61. The first kappa shape index (κ1) is 32.3. The molecule has 2 atom stereocenters. The molecule has 0 unspecified atom stereocenters. The van der Waals surface area contributed by atoms with Gasteiger partial charge >= 0.3 is 0 Å². The molecule has 45 heavy (non-hydrogen) atoms. The highest BCUT2D eigenvalue weighted by molar-refractivity contribution is 9.10. The predicted octanol–water partition coefficient (Wildman–Crippen LogP) is 8.27. The summed E-state index contributed by atoms with van der Waals surface area (Å²) in [6, 6.07) is 26.8. The van der Waals surface area contributed by atoms with Crippen molar-refractivity contribution >= 4 is 56.6 Å². The van der Waals surface area contributed by atoms with Crippen molar-refractivity contribution in [1.82, 2.24) is 5.32 Å². The number of ether oxygens (including phenoxy) is 2. The summed E-state index contributed by atoms with van der Waals surface area (Å²) < 4.78 is 13.1. The van der Waals surface area contributed by atoms with E-state index >= 15 is 0 Å². The number of halogens is 3. The van der Waals surface area contributed by atoms with Gasteiger partial charge in [0, 0.05) is 56.7 Å². The van der Waals surface area contributed by atoms with Gasteiger partial charge in [0.15, 0.2) is 11.6 Å². The monoisotopic (exact) mass is 707 g/mol. The lowest BCUT2D eigenvalue weighted by molar-refractivity contribution is -0.129. The van der Waals surface area contributed by atoms with Crippen molar-refractivity contribution in [3.63, 3.8) is 0 Å². The molecule has 4 aromatic rings. The molecule has 0 spiro atoms. The van der Waals surface area contributed by atoms with Crippen LogP contribution in [0.2, 0.25) is 10.0 Å². The Balaban J connectivity index is 1.60. The third-order valence-electron chi connectivity index (χ3n) is 7.26. The fourth-order valence-corrected chi connectivity index (χ4v) is 5.75. The van der Waals surface area contributed by atoms with E-state index in [1.54, 1.807) is 60.7 Å². The van der Waals surface area contributed by atoms with Crippen LogP contribution in [0.3, 0.4) is 0 Å². The molecule has 5 rings (SSSR count). The average molecular weight is 709 g/mol. The third-order valence-corrected chi connectivity index (χ3v) is 8.38. The first-order valence-corrected chi connectivity index (χ1v) is 15.6. The van der Waals surface area contributed by atoms with Crippen LogP contribution in [0.1, 0.15) is 34.8 Å². The normalized spacial score (nSPS) is 17.2. The van der Waals surface area contributed by atoms with Gasteiger partial charge in [-0.05, 0) is 70.8 Å². The van der Waals surface area contributed by atoms with E-state index in [2.05, 4.69) is 31.3 Å². The standard InChI is InChI=1S/C33H28BrCl2N5O4/c34-25-11-6-21(7-12-25)30-33(19-23-4-1-2-5-29(23)40-41-37,32(43)38-20-24-8-13-26(35)18-28(24)36)39-31(45-30)22-9-14-27(15-10-22)44-17-3-16-42/h1-2,4-15,18,30,42H,3,16-17,19-20H2,(H,38,43)/t30-,33-/m1/s1. The quantitative estimate of drug-likeness (QED) is 0.0664. The van der Waals surface area contributed by atoms with Crippen LogP contribution >= 0.6 is 39.1 Å². The van der Waals surface area contributed by atoms with Crippen LogP contribution in [0.15, 0.2) is 106 Å². The minimum absolute atomic E-state index is 0.0390. The van der Waals surface area contributed by atoms with Crippen LogP contribution in [-0.4, -0.2) is 35.7 Å². The van der Waals surface area contributed by atoms with Gasteiger partial charge in [0.2, 0.25) is 5.90 Å². The van der Waals surface area contributed by atoms with Gasteiger partial charge in [-0.25, -0.2) is 4.99 Å². The maximum Gasteiger partial charge on any atom is 0.252 e. The van der Waals surface area contributed by atoms with E-state index in [9.17, 15) is 10.3 Å². The Bertz CT molecular complexity index is 1750. The van der Waals surface area contributed by atoms with Crippen molar-refractivity contribution < 1.29 is 19.4 Å². The average Bonchev–Trinajstić information content (AvgIpc) is 3.43. The molecule has 0 aromatic heterocycles. The fourth-order valence-electron chi connectivity index (χ4n) is 5.01. The van der Waals surface area contributed by atoms with E-state index in [-0.39, 0.29) is 25.5 Å². The second-order valence-corrected chi connectivity index (χ2v) is 12.0. The smallest absolute Gasteiger partial charge is 0.252 e. The minimum atomic E-state index is -1.51. The van der Waals surface area contributed by atoms with Gasteiger partial charge in [-0.2, -0.15) is 0 Å². The Morgan fingerprint density at radius 2 is 1.82 bits per heavy atom. The van der Waals surface area contributed by atoms with E-state index in [0.717, 1.165) is 10.0 Å². The zero-order chi connectivity index (χ0) is 31.8.